The topological polar surface area (TPSA) is 18.5 Å². The van der Waals surface area contributed by atoms with Gasteiger partial charge in [-0.3, -0.25) is 0 Å². The third kappa shape index (κ3) is 1.55. The molecule has 0 aliphatic carbocycles. The maximum atomic E-state index is 5.57. The molecule has 0 N–H and O–H groups in total. The van der Waals surface area contributed by atoms with Crippen LogP contribution in [0.5, 0.6) is 0 Å². The zero-order chi connectivity index (χ0) is 8.70. The molecular formula is C9H14O2. The molecule has 0 radical (unpaired) electrons. The summed E-state index contributed by atoms with van der Waals surface area (Å²) in [7, 11) is 0. The Hall–Kier alpha value is -0.520. The highest BCUT2D eigenvalue weighted by Gasteiger charge is 2.46. The van der Waals surface area contributed by atoms with Crippen LogP contribution in [-0.4, -0.2) is 17.5 Å². The van der Waals surface area contributed by atoms with Gasteiger partial charge in [0.15, 0.2) is 5.79 Å². The molecule has 0 unspecified atom stereocenters. The van der Waals surface area contributed by atoms with Gasteiger partial charge in [0.1, 0.15) is 11.7 Å². The Morgan fingerprint density at radius 2 is 1.82 bits per heavy atom. The van der Waals surface area contributed by atoms with Gasteiger partial charge in [-0.2, -0.15) is 0 Å². The summed E-state index contributed by atoms with van der Waals surface area (Å²) in [6, 6.07) is 0. The molecule has 0 bridgehead atoms. The number of terminal acetylenes is 1. The van der Waals surface area contributed by atoms with Crippen LogP contribution < -0.4 is 0 Å². The minimum absolute atomic E-state index is 0.238. The average Bonchev–Trinajstić information content (AvgIpc) is 1.99. The first-order valence-corrected chi connectivity index (χ1v) is 3.71. The number of hydrogen-bond donors (Lipinski definition) is 0. The van der Waals surface area contributed by atoms with Crippen LogP contribution in [0.2, 0.25) is 0 Å². The third-order valence-electron chi connectivity index (χ3n) is 1.69. The van der Waals surface area contributed by atoms with Crippen molar-refractivity contribution >= 4 is 0 Å². The van der Waals surface area contributed by atoms with E-state index in [0.717, 1.165) is 0 Å². The van der Waals surface area contributed by atoms with Gasteiger partial charge in [-0.25, -0.2) is 0 Å². The first-order chi connectivity index (χ1) is 4.87. The molecule has 62 valence electrons. The zero-order valence-electron chi connectivity index (χ0n) is 7.47. The average molecular weight is 154 g/mol. The van der Waals surface area contributed by atoms with Crippen molar-refractivity contribution in [2.75, 3.05) is 0 Å². The van der Waals surface area contributed by atoms with Gasteiger partial charge < -0.3 is 9.47 Å². The van der Waals surface area contributed by atoms with E-state index in [9.17, 15) is 0 Å². The van der Waals surface area contributed by atoms with Crippen LogP contribution in [0.1, 0.15) is 27.7 Å². The van der Waals surface area contributed by atoms with E-state index >= 15 is 0 Å². The Bertz CT molecular complexity index is 198. The van der Waals surface area contributed by atoms with Gasteiger partial charge in [-0.1, -0.05) is 5.92 Å². The van der Waals surface area contributed by atoms with E-state index in [2.05, 4.69) is 5.92 Å². The summed E-state index contributed by atoms with van der Waals surface area (Å²) in [4.78, 5) is 0. The summed E-state index contributed by atoms with van der Waals surface area (Å²) in [5.74, 6) is 2.02. The molecule has 0 aromatic carbocycles. The van der Waals surface area contributed by atoms with Crippen LogP contribution in [0.4, 0.5) is 0 Å². The molecule has 1 atom stereocenters. The second kappa shape index (κ2) is 2.23. The largest absolute Gasteiger partial charge is 0.341 e. The van der Waals surface area contributed by atoms with Gasteiger partial charge in [-0.05, 0) is 27.7 Å². The molecule has 2 nitrogen and oxygen atoms in total. The Morgan fingerprint density at radius 3 is 2.00 bits per heavy atom. The Labute approximate surface area is 67.9 Å². The molecule has 1 aliphatic heterocycles. The van der Waals surface area contributed by atoms with Crippen molar-refractivity contribution in [3.63, 3.8) is 0 Å². The molecule has 0 aromatic rings. The Balaban J connectivity index is 2.81. The van der Waals surface area contributed by atoms with Crippen LogP contribution in [-0.2, 0) is 9.47 Å². The normalized spacial score (nSPS) is 33.2. The first kappa shape index (κ1) is 8.58. The molecule has 1 saturated heterocycles. The maximum absolute atomic E-state index is 5.57. The second-order valence-electron chi connectivity index (χ2n) is 3.77. The van der Waals surface area contributed by atoms with E-state index in [4.69, 9.17) is 15.9 Å². The summed E-state index contributed by atoms with van der Waals surface area (Å²) >= 11 is 0. The number of rotatable bonds is 0. The van der Waals surface area contributed by atoms with Crippen molar-refractivity contribution in [2.24, 2.45) is 0 Å². The fourth-order valence-corrected chi connectivity index (χ4v) is 1.37. The highest BCUT2D eigenvalue weighted by atomic mass is 16.8. The molecule has 0 aromatic heterocycles. The quantitative estimate of drug-likeness (QED) is 0.493. The molecule has 1 fully saturated rings. The fourth-order valence-electron chi connectivity index (χ4n) is 1.37. The Kier molecular flexibility index (Phi) is 1.74. The lowest BCUT2D eigenvalue weighted by atomic mass is 10.0. The SMILES string of the molecule is C#C[C@H]1OC(C)(C)OC1(C)C. The van der Waals surface area contributed by atoms with Crippen LogP contribution >= 0.6 is 0 Å². The molecule has 1 heterocycles. The third-order valence-corrected chi connectivity index (χ3v) is 1.69. The molecule has 2 heteroatoms. The van der Waals surface area contributed by atoms with E-state index in [1.54, 1.807) is 0 Å². The van der Waals surface area contributed by atoms with Crippen LogP contribution in [0.15, 0.2) is 0 Å². The molecule has 1 aliphatic rings. The molecule has 0 saturated carbocycles. The van der Waals surface area contributed by atoms with E-state index in [1.807, 2.05) is 27.7 Å². The van der Waals surface area contributed by atoms with Gasteiger partial charge in [0.05, 0.1) is 0 Å². The van der Waals surface area contributed by atoms with Crippen molar-refractivity contribution in [2.45, 2.75) is 45.2 Å². The van der Waals surface area contributed by atoms with E-state index < -0.39 is 5.79 Å². The lowest BCUT2D eigenvalue weighted by Gasteiger charge is -2.21. The molecule has 0 amide bonds. The second-order valence-corrected chi connectivity index (χ2v) is 3.77. The smallest absolute Gasteiger partial charge is 0.165 e. The van der Waals surface area contributed by atoms with Crippen LogP contribution in [0, 0.1) is 12.3 Å². The number of hydrogen-bond acceptors (Lipinski definition) is 2. The predicted molar refractivity (Wildman–Crippen MR) is 42.9 cm³/mol. The summed E-state index contributed by atoms with van der Waals surface area (Å²) in [6.45, 7) is 7.61. The molecule has 0 spiro atoms. The summed E-state index contributed by atoms with van der Waals surface area (Å²) < 4.78 is 11.0. The van der Waals surface area contributed by atoms with Gasteiger partial charge in [0.25, 0.3) is 0 Å². The van der Waals surface area contributed by atoms with Crippen LogP contribution in [0.25, 0.3) is 0 Å². The lowest BCUT2D eigenvalue weighted by Crippen LogP contribution is -2.31. The first-order valence-electron chi connectivity index (χ1n) is 3.71. The van der Waals surface area contributed by atoms with Crippen molar-refractivity contribution in [1.82, 2.24) is 0 Å². The van der Waals surface area contributed by atoms with E-state index in [1.165, 1.54) is 0 Å². The van der Waals surface area contributed by atoms with E-state index in [-0.39, 0.29) is 11.7 Å². The monoisotopic (exact) mass is 154 g/mol. The predicted octanol–water partition coefficient (Wildman–Crippen LogP) is 1.55. The minimum atomic E-state index is -0.541. The minimum Gasteiger partial charge on any atom is -0.341 e. The lowest BCUT2D eigenvalue weighted by molar-refractivity contribution is -0.155. The van der Waals surface area contributed by atoms with E-state index in [0.29, 0.717) is 0 Å². The van der Waals surface area contributed by atoms with Gasteiger partial charge in [-0.15, -0.1) is 6.42 Å². The van der Waals surface area contributed by atoms with Gasteiger partial charge in [0.2, 0.25) is 0 Å². The van der Waals surface area contributed by atoms with Crippen LogP contribution in [0.3, 0.4) is 0 Å². The summed E-state index contributed by atoms with van der Waals surface area (Å²) in [5, 5.41) is 0. The molecule has 11 heavy (non-hydrogen) atoms. The van der Waals surface area contributed by atoms with Crippen molar-refractivity contribution < 1.29 is 9.47 Å². The molecular weight excluding hydrogens is 140 g/mol. The highest BCUT2D eigenvalue weighted by Crippen LogP contribution is 2.35. The zero-order valence-corrected chi connectivity index (χ0v) is 7.47. The maximum Gasteiger partial charge on any atom is 0.165 e. The number of ether oxygens (including phenoxy) is 2. The van der Waals surface area contributed by atoms with Crippen molar-refractivity contribution in [1.29, 1.82) is 0 Å². The van der Waals surface area contributed by atoms with Crippen molar-refractivity contribution in [3.05, 3.63) is 0 Å². The highest BCUT2D eigenvalue weighted by molar-refractivity contribution is 5.07. The van der Waals surface area contributed by atoms with Gasteiger partial charge >= 0.3 is 0 Å². The Morgan fingerprint density at radius 1 is 1.27 bits per heavy atom. The van der Waals surface area contributed by atoms with Gasteiger partial charge in [0, 0.05) is 0 Å². The van der Waals surface area contributed by atoms with Crippen molar-refractivity contribution in [3.8, 4) is 12.3 Å². The molecule has 1 rings (SSSR count). The summed E-state index contributed by atoms with van der Waals surface area (Å²) in [5.41, 5.74) is -0.363. The fraction of sp³-hybridized carbons (Fsp3) is 0.778. The standard InChI is InChI=1S/C9H14O2/c1-6-7-8(2,3)11-9(4,5)10-7/h1,7H,2-5H3/t7-/m1/s1. The summed E-state index contributed by atoms with van der Waals surface area (Å²) in [6.07, 6.45) is 5.04.